The van der Waals surface area contributed by atoms with E-state index in [2.05, 4.69) is 21.2 Å². The number of esters is 2. The van der Waals surface area contributed by atoms with Crippen LogP contribution >= 0.6 is 15.9 Å². The van der Waals surface area contributed by atoms with Crippen LogP contribution in [0.3, 0.4) is 0 Å². The summed E-state index contributed by atoms with van der Waals surface area (Å²) < 4.78 is 14.6. The van der Waals surface area contributed by atoms with E-state index in [9.17, 15) is 14.4 Å². The second-order valence-corrected chi connectivity index (χ2v) is 6.80. The topological polar surface area (TPSA) is 90.9 Å². The van der Waals surface area contributed by atoms with Crippen LogP contribution in [0.5, 0.6) is 0 Å². The molecule has 0 heterocycles. The molecule has 0 fully saturated rings. The van der Waals surface area contributed by atoms with Gasteiger partial charge in [-0.1, -0.05) is 15.9 Å². The first-order chi connectivity index (χ1) is 10.6. The van der Waals surface area contributed by atoms with Crippen LogP contribution in [0.4, 0.5) is 4.79 Å². The highest BCUT2D eigenvalue weighted by Crippen LogP contribution is 2.18. The molecule has 0 saturated carbocycles. The van der Waals surface area contributed by atoms with E-state index < -0.39 is 35.6 Å². The van der Waals surface area contributed by atoms with E-state index in [4.69, 9.17) is 14.2 Å². The number of alkyl carbamates (subject to hydrolysis) is 1. The average molecular weight is 396 g/mol. The van der Waals surface area contributed by atoms with Gasteiger partial charge in [-0.05, 0) is 40.0 Å². The van der Waals surface area contributed by atoms with Crippen LogP contribution in [-0.4, -0.2) is 49.2 Å². The number of halogens is 1. The maximum atomic E-state index is 11.9. The van der Waals surface area contributed by atoms with Gasteiger partial charge in [-0.25, -0.2) is 9.59 Å². The van der Waals surface area contributed by atoms with Crippen molar-refractivity contribution >= 4 is 34.0 Å². The summed E-state index contributed by atoms with van der Waals surface area (Å²) in [6.45, 7) is 5.15. The van der Waals surface area contributed by atoms with Gasteiger partial charge in [-0.3, -0.25) is 4.79 Å². The van der Waals surface area contributed by atoms with Crippen LogP contribution in [0.15, 0.2) is 0 Å². The minimum Gasteiger partial charge on any atom is -0.469 e. The molecule has 0 aliphatic rings. The minimum atomic E-state index is -0.978. The fourth-order valence-corrected chi connectivity index (χ4v) is 2.24. The Labute approximate surface area is 145 Å². The summed E-state index contributed by atoms with van der Waals surface area (Å²) in [6.07, 6.45) is 0.615. The Morgan fingerprint density at radius 1 is 1.09 bits per heavy atom. The number of hydrogen-bond donors (Lipinski definition) is 1. The predicted molar refractivity (Wildman–Crippen MR) is 88.3 cm³/mol. The van der Waals surface area contributed by atoms with E-state index in [1.807, 2.05) is 0 Å². The highest BCUT2D eigenvalue weighted by atomic mass is 79.9. The zero-order valence-corrected chi connectivity index (χ0v) is 15.9. The van der Waals surface area contributed by atoms with E-state index in [0.717, 1.165) is 11.8 Å². The van der Waals surface area contributed by atoms with Gasteiger partial charge in [-0.15, -0.1) is 0 Å². The minimum absolute atomic E-state index is 0.0889. The number of alkyl halides is 1. The van der Waals surface area contributed by atoms with Crippen LogP contribution in [-0.2, 0) is 23.8 Å². The molecular formula is C15H26BrNO6. The van der Waals surface area contributed by atoms with Crippen LogP contribution in [0, 0.1) is 5.92 Å². The second-order valence-electron chi connectivity index (χ2n) is 6.01. The van der Waals surface area contributed by atoms with Crippen LogP contribution < -0.4 is 5.32 Å². The van der Waals surface area contributed by atoms with Gasteiger partial charge in [0.25, 0.3) is 0 Å². The molecule has 0 aromatic heterocycles. The molecule has 1 amide bonds. The largest absolute Gasteiger partial charge is 0.469 e. The number of hydrogen-bond acceptors (Lipinski definition) is 6. The molecule has 0 rings (SSSR count). The number of ether oxygens (including phenoxy) is 3. The summed E-state index contributed by atoms with van der Waals surface area (Å²) in [7, 11) is 2.51. The Bertz CT molecular complexity index is 407. The Morgan fingerprint density at radius 3 is 2.09 bits per heavy atom. The SMILES string of the molecule is COC(=O)C(CCCBr)CC(NC(=O)OC(C)(C)C)C(=O)OC. The molecular weight excluding hydrogens is 370 g/mol. The number of carbonyl (C=O) groups is 3. The second kappa shape index (κ2) is 10.5. The van der Waals surface area contributed by atoms with Crippen molar-refractivity contribution in [2.45, 2.75) is 51.7 Å². The number of nitrogens with one attached hydrogen (secondary N) is 1. The molecule has 2 atom stereocenters. The summed E-state index contributed by atoms with van der Waals surface area (Å²) in [4.78, 5) is 35.6. The van der Waals surface area contributed by atoms with Gasteiger partial charge < -0.3 is 19.5 Å². The van der Waals surface area contributed by atoms with Crippen LogP contribution in [0.2, 0.25) is 0 Å². The van der Waals surface area contributed by atoms with Crippen molar-refractivity contribution in [1.29, 1.82) is 0 Å². The van der Waals surface area contributed by atoms with Crippen molar-refractivity contribution in [3.8, 4) is 0 Å². The average Bonchev–Trinajstić information content (AvgIpc) is 2.46. The molecule has 0 aliphatic heterocycles. The lowest BCUT2D eigenvalue weighted by Gasteiger charge is -2.24. The number of methoxy groups -OCH3 is 2. The van der Waals surface area contributed by atoms with Crippen molar-refractivity contribution in [3.05, 3.63) is 0 Å². The van der Waals surface area contributed by atoms with Gasteiger partial charge in [0, 0.05) is 5.33 Å². The standard InChI is InChI=1S/C15H26BrNO6/c1-15(2,3)23-14(20)17-11(13(19)22-5)9-10(7-6-8-16)12(18)21-4/h10-11H,6-9H2,1-5H3,(H,17,20). The highest BCUT2D eigenvalue weighted by Gasteiger charge is 2.31. The monoisotopic (exact) mass is 395 g/mol. The Balaban J connectivity index is 4.96. The molecule has 1 N–H and O–H groups in total. The molecule has 2 unspecified atom stereocenters. The molecule has 0 radical (unpaired) electrons. The third kappa shape index (κ3) is 9.43. The molecule has 0 aromatic rings. The predicted octanol–water partition coefficient (Wildman–Crippen LogP) is 2.41. The first-order valence-corrected chi connectivity index (χ1v) is 8.47. The molecule has 0 bridgehead atoms. The Hall–Kier alpha value is -1.31. The number of amides is 1. The summed E-state index contributed by atoms with van der Waals surface area (Å²) in [5.41, 5.74) is -0.692. The van der Waals surface area contributed by atoms with Crippen LogP contribution in [0.1, 0.15) is 40.0 Å². The lowest BCUT2D eigenvalue weighted by Crippen LogP contribution is -2.45. The molecule has 0 spiro atoms. The van der Waals surface area contributed by atoms with E-state index >= 15 is 0 Å². The normalized spacial score (nSPS) is 13.7. The van der Waals surface area contributed by atoms with E-state index in [0.29, 0.717) is 6.42 Å². The van der Waals surface area contributed by atoms with Crippen LogP contribution in [0.25, 0.3) is 0 Å². The summed E-state index contributed by atoms with van der Waals surface area (Å²) >= 11 is 3.30. The van der Waals surface area contributed by atoms with Crippen molar-refractivity contribution in [3.63, 3.8) is 0 Å². The molecule has 0 saturated heterocycles. The third-order valence-corrected chi connectivity index (χ3v) is 3.48. The molecule has 0 aliphatic carbocycles. The molecule has 8 heteroatoms. The Morgan fingerprint density at radius 2 is 1.65 bits per heavy atom. The smallest absolute Gasteiger partial charge is 0.408 e. The van der Waals surface area contributed by atoms with E-state index in [1.165, 1.54) is 14.2 Å². The highest BCUT2D eigenvalue weighted by molar-refractivity contribution is 9.09. The van der Waals surface area contributed by atoms with E-state index in [1.54, 1.807) is 20.8 Å². The fraction of sp³-hybridized carbons (Fsp3) is 0.800. The summed E-state index contributed by atoms with van der Waals surface area (Å²) in [5.74, 6) is -1.58. The quantitative estimate of drug-likeness (QED) is 0.385. The lowest BCUT2D eigenvalue weighted by atomic mass is 9.95. The molecule has 7 nitrogen and oxygen atoms in total. The van der Waals surface area contributed by atoms with Gasteiger partial charge >= 0.3 is 18.0 Å². The van der Waals surface area contributed by atoms with E-state index in [-0.39, 0.29) is 6.42 Å². The third-order valence-electron chi connectivity index (χ3n) is 2.92. The zero-order chi connectivity index (χ0) is 18.0. The number of rotatable bonds is 8. The lowest BCUT2D eigenvalue weighted by molar-refractivity contribution is -0.148. The zero-order valence-electron chi connectivity index (χ0n) is 14.3. The van der Waals surface area contributed by atoms with Gasteiger partial charge in [-0.2, -0.15) is 0 Å². The maximum Gasteiger partial charge on any atom is 0.408 e. The Kier molecular flexibility index (Phi) is 9.87. The van der Waals surface area contributed by atoms with Gasteiger partial charge in [0.2, 0.25) is 0 Å². The van der Waals surface area contributed by atoms with Crippen molar-refractivity contribution < 1.29 is 28.6 Å². The van der Waals surface area contributed by atoms with Crippen molar-refractivity contribution in [2.24, 2.45) is 5.92 Å². The molecule has 23 heavy (non-hydrogen) atoms. The molecule has 134 valence electrons. The van der Waals surface area contributed by atoms with Gasteiger partial charge in [0.1, 0.15) is 11.6 Å². The molecule has 0 aromatic carbocycles. The first kappa shape index (κ1) is 21.7. The number of carbonyl (C=O) groups excluding carboxylic acids is 3. The fourth-order valence-electron chi connectivity index (χ4n) is 1.91. The maximum absolute atomic E-state index is 11.9. The summed E-state index contributed by atoms with van der Waals surface area (Å²) in [5, 5.41) is 3.18. The van der Waals surface area contributed by atoms with Gasteiger partial charge in [0.15, 0.2) is 0 Å². The first-order valence-electron chi connectivity index (χ1n) is 7.35. The van der Waals surface area contributed by atoms with Crippen molar-refractivity contribution in [1.82, 2.24) is 5.32 Å². The van der Waals surface area contributed by atoms with Gasteiger partial charge in [0.05, 0.1) is 20.1 Å². The van der Waals surface area contributed by atoms with Crippen molar-refractivity contribution in [2.75, 3.05) is 19.5 Å². The summed E-state index contributed by atoms with van der Waals surface area (Å²) in [6, 6.07) is -0.978.